The van der Waals surface area contributed by atoms with Crippen molar-refractivity contribution in [2.24, 2.45) is 4.99 Å². The summed E-state index contributed by atoms with van der Waals surface area (Å²) in [5, 5.41) is 6.82. The van der Waals surface area contributed by atoms with E-state index in [2.05, 4.69) is 42.4 Å². The third-order valence-electron chi connectivity index (χ3n) is 5.94. The van der Waals surface area contributed by atoms with E-state index in [1.165, 1.54) is 6.07 Å². The number of alkyl halides is 3. The molecule has 1 aromatic carbocycles. The maximum atomic E-state index is 12.7. The second-order valence-electron chi connectivity index (χ2n) is 8.35. The van der Waals surface area contributed by atoms with Gasteiger partial charge in [0.25, 0.3) is 0 Å². The van der Waals surface area contributed by atoms with Gasteiger partial charge < -0.3 is 20.3 Å². The quantitative estimate of drug-likeness (QED) is 0.536. The van der Waals surface area contributed by atoms with E-state index >= 15 is 0 Å². The minimum absolute atomic E-state index is 0.0241. The van der Waals surface area contributed by atoms with Gasteiger partial charge in [-0.2, -0.15) is 0 Å². The van der Waals surface area contributed by atoms with Crippen LogP contribution in [-0.4, -0.2) is 49.5 Å². The molecule has 0 amide bonds. The Hall–Kier alpha value is -2.97. The molecule has 2 fully saturated rings. The Kier molecular flexibility index (Phi) is 6.43. The van der Waals surface area contributed by atoms with E-state index in [-0.39, 0.29) is 23.8 Å². The molecular weight excluding hydrogens is 419 g/mol. The molecule has 6 nitrogen and oxygen atoms in total. The summed E-state index contributed by atoms with van der Waals surface area (Å²) in [4.78, 5) is 11.1. The number of ether oxygens (including phenoxy) is 1. The molecule has 1 saturated heterocycles. The number of nitrogens with zero attached hydrogens (tertiary/aromatic N) is 3. The molecule has 172 valence electrons. The molecule has 2 atom stereocenters. The number of nitrogens with one attached hydrogen (secondary N) is 2. The maximum absolute atomic E-state index is 12.7. The number of guanidine groups is 1. The van der Waals surface area contributed by atoms with Crippen LogP contribution in [0, 0.1) is 6.92 Å². The first-order valence-corrected chi connectivity index (χ1v) is 10.8. The molecule has 2 aliphatic rings. The number of pyridine rings is 1. The van der Waals surface area contributed by atoms with Crippen molar-refractivity contribution in [2.75, 3.05) is 25.0 Å². The summed E-state index contributed by atoms with van der Waals surface area (Å²) in [5.41, 5.74) is 1.71. The summed E-state index contributed by atoms with van der Waals surface area (Å²) in [6.07, 6.45) is -0.181. The second kappa shape index (κ2) is 9.26. The van der Waals surface area contributed by atoms with Gasteiger partial charge in [-0.25, -0.2) is 4.98 Å². The Balaban J connectivity index is 1.28. The van der Waals surface area contributed by atoms with Crippen LogP contribution in [0.3, 0.4) is 0 Å². The van der Waals surface area contributed by atoms with Crippen molar-refractivity contribution >= 4 is 11.8 Å². The lowest BCUT2D eigenvalue weighted by Gasteiger charge is -2.33. The zero-order chi connectivity index (χ0) is 22.7. The Morgan fingerprint density at radius 3 is 2.53 bits per heavy atom. The molecule has 1 aliphatic carbocycles. The zero-order valence-corrected chi connectivity index (χ0v) is 18.2. The van der Waals surface area contributed by atoms with Crippen molar-refractivity contribution in [3.05, 3.63) is 53.7 Å². The summed E-state index contributed by atoms with van der Waals surface area (Å²) in [7, 11) is 1.71. The molecule has 0 bridgehead atoms. The third kappa shape index (κ3) is 5.63. The van der Waals surface area contributed by atoms with Gasteiger partial charge in [0.1, 0.15) is 11.6 Å². The van der Waals surface area contributed by atoms with Crippen LogP contribution in [0.5, 0.6) is 5.75 Å². The highest BCUT2D eigenvalue weighted by molar-refractivity contribution is 5.81. The number of piperidine rings is 1. The number of anilines is 1. The van der Waals surface area contributed by atoms with E-state index in [4.69, 9.17) is 0 Å². The first-order valence-electron chi connectivity index (χ1n) is 10.8. The van der Waals surface area contributed by atoms with Crippen molar-refractivity contribution < 1.29 is 17.9 Å². The standard InChI is InChI=1S/C23H28F3N5O/c1-15-7-8-21(28-14-15)31-11-9-16(10-12-31)29-22(27-2)30-19-13-18(19)17-5-3-4-6-20(17)32-23(24,25)26/h3-8,14,16,18-19H,9-13H2,1-2H3,(H2,27,29,30). The summed E-state index contributed by atoms with van der Waals surface area (Å²) in [6, 6.07) is 10.8. The van der Waals surface area contributed by atoms with Crippen molar-refractivity contribution in [1.29, 1.82) is 0 Å². The number of rotatable bonds is 5. The molecule has 2 heterocycles. The lowest BCUT2D eigenvalue weighted by Crippen LogP contribution is -2.49. The summed E-state index contributed by atoms with van der Waals surface area (Å²) in [6.45, 7) is 3.83. The Bertz CT molecular complexity index is 939. The van der Waals surface area contributed by atoms with E-state index in [1.54, 1.807) is 25.2 Å². The summed E-state index contributed by atoms with van der Waals surface area (Å²) >= 11 is 0. The number of aliphatic imine (C=N–C) groups is 1. The fraction of sp³-hybridized carbons (Fsp3) is 0.478. The van der Waals surface area contributed by atoms with Crippen molar-refractivity contribution in [1.82, 2.24) is 15.6 Å². The van der Waals surface area contributed by atoms with Gasteiger partial charge in [-0.3, -0.25) is 4.99 Å². The molecule has 2 N–H and O–H groups in total. The number of aryl methyl sites for hydroxylation is 1. The van der Waals surface area contributed by atoms with Gasteiger partial charge in [0.05, 0.1) is 0 Å². The van der Waals surface area contributed by atoms with E-state index in [1.807, 2.05) is 13.1 Å². The van der Waals surface area contributed by atoms with E-state index in [9.17, 15) is 13.2 Å². The molecule has 2 unspecified atom stereocenters. The smallest absolute Gasteiger partial charge is 0.405 e. The van der Waals surface area contributed by atoms with E-state index in [0.717, 1.165) is 43.7 Å². The minimum Gasteiger partial charge on any atom is -0.405 e. The van der Waals surface area contributed by atoms with Crippen LogP contribution in [0.1, 0.15) is 36.3 Å². The van der Waals surface area contributed by atoms with Crippen LogP contribution in [0.4, 0.5) is 19.0 Å². The largest absolute Gasteiger partial charge is 0.573 e. The Morgan fingerprint density at radius 2 is 1.88 bits per heavy atom. The van der Waals surface area contributed by atoms with Crippen molar-refractivity contribution in [2.45, 2.75) is 50.6 Å². The van der Waals surface area contributed by atoms with Gasteiger partial charge in [-0.1, -0.05) is 24.3 Å². The molecule has 0 spiro atoms. The summed E-state index contributed by atoms with van der Waals surface area (Å²) < 4.78 is 42.3. The van der Waals surface area contributed by atoms with E-state index < -0.39 is 6.36 Å². The zero-order valence-electron chi connectivity index (χ0n) is 18.2. The molecule has 1 aromatic heterocycles. The predicted octanol–water partition coefficient (Wildman–Crippen LogP) is 3.98. The number of hydrogen-bond acceptors (Lipinski definition) is 4. The van der Waals surface area contributed by atoms with Crippen LogP contribution in [0.15, 0.2) is 47.6 Å². The number of benzene rings is 1. The molecule has 0 radical (unpaired) electrons. The topological polar surface area (TPSA) is 61.8 Å². The third-order valence-corrected chi connectivity index (χ3v) is 5.94. The van der Waals surface area contributed by atoms with Crippen LogP contribution >= 0.6 is 0 Å². The van der Waals surface area contributed by atoms with Crippen LogP contribution in [0.2, 0.25) is 0 Å². The molecule has 2 aromatic rings. The monoisotopic (exact) mass is 447 g/mol. The number of hydrogen-bond donors (Lipinski definition) is 2. The fourth-order valence-electron chi connectivity index (χ4n) is 4.14. The van der Waals surface area contributed by atoms with E-state index in [0.29, 0.717) is 11.5 Å². The maximum Gasteiger partial charge on any atom is 0.573 e. The SMILES string of the molecule is CN=C(NC1CCN(c2ccc(C)cn2)CC1)NC1CC1c1ccccc1OC(F)(F)F. The summed E-state index contributed by atoms with van der Waals surface area (Å²) in [5.74, 6) is 1.51. The van der Waals surface area contributed by atoms with Crippen molar-refractivity contribution in [3.63, 3.8) is 0 Å². The average Bonchev–Trinajstić information content (AvgIpc) is 3.52. The highest BCUT2D eigenvalue weighted by Crippen LogP contribution is 2.45. The predicted molar refractivity (Wildman–Crippen MR) is 118 cm³/mol. The van der Waals surface area contributed by atoms with Gasteiger partial charge >= 0.3 is 6.36 Å². The second-order valence-corrected chi connectivity index (χ2v) is 8.35. The first kappa shape index (κ1) is 22.2. The number of aromatic nitrogens is 1. The highest BCUT2D eigenvalue weighted by atomic mass is 19.4. The van der Waals surface area contributed by atoms with Crippen LogP contribution in [0.25, 0.3) is 0 Å². The van der Waals surface area contributed by atoms with Gasteiger partial charge in [-0.15, -0.1) is 13.2 Å². The number of para-hydroxylation sites is 1. The lowest BCUT2D eigenvalue weighted by molar-refractivity contribution is -0.274. The van der Waals surface area contributed by atoms with Gasteiger partial charge in [0, 0.05) is 44.3 Å². The highest BCUT2D eigenvalue weighted by Gasteiger charge is 2.42. The molecule has 1 saturated carbocycles. The van der Waals surface area contributed by atoms with Gasteiger partial charge in [0.2, 0.25) is 0 Å². The molecule has 9 heteroatoms. The molecule has 1 aliphatic heterocycles. The van der Waals surface area contributed by atoms with Crippen LogP contribution in [-0.2, 0) is 0 Å². The van der Waals surface area contributed by atoms with Gasteiger partial charge in [0.15, 0.2) is 5.96 Å². The molecular formula is C23H28F3N5O. The van der Waals surface area contributed by atoms with Crippen molar-refractivity contribution in [3.8, 4) is 5.75 Å². The van der Waals surface area contributed by atoms with Gasteiger partial charge in [-0.05, 0) is 49.4 Å². The van der Waals surface area contributed by atoms with Crippen LogP contribution < -0.4 is 20.3 Å². The minimum atomic E-state index is -4.70. The molecule has 32 heavy (non-hydrogen) atoms. The Labute approximate surface area is 185 Å². The fourth-order valence-corrected chi connectivity index (χ4v) is 4.14. The number of halogens is 3. The normalized spacial score (nSPS) is 21.9. The first-order chi connectivity index (χ1) is 15.3. The molecule has 4 rings (SSSR count). The average molecular weight is 448 g/mol. The Morgan fingerprint density at radius 1 is 1.12 bits per heavy atom. The lowest BCUT2D eigenvalue weighted by atomic mass is 10.1.